The van der Waals surface area contributed by atoms with Crippen LogP contribution in [0, 0.1) is 0 Å². The topological polar surface area (TPSA) is 118 Å². The summed E-state index contributed by atoms with van der Waals surface area (Å²) in [5.74, 6) is -1.51. The molecule has 4 rings (SSSR count). The number of carbonyl (C=O) groups excluding carboxylic acids is 2. The van der Waals surface area contributed by atoms with Crippen LogP contribution in [0.4, 0.5) is 4.79 Å². The van der Waals surface area contributed by atoms with E-state index in [1.165, 1.54) is 17.5 Å². The molecule has 0 saturated heterocycles. The molecule has 9 heteroatoms. The first kappa shape index (κ1) is 23.2. The van der Waals surface area contributed by atoms with Gasteiger partial charge in [0.05, 0.1) is 6.04 Å². The minimum Gasteiger partial charge on any atom is -0.476 e. The number of hydrogen-bond donors (Lipinski definition) is 3. The van der Waals surface area contributed by atoms with E-state index in [2.05, 4.69) is 39.9 Å². The van der Waals surface area contributed by atoms with Crippen LogP contribution in [-0.4, -0.2) is 41.2 Å². The van der Waals surface area contributed by atoms with Crippen molar-refractivity contribution in [1.29, 1.82) is 0 Å². The molecule has 0 bridgehead atoms. The van der Waals surface area contributed by atoms with Gasteiger partial charge in [-0.1, -0.05) is 54.6 Å². The van der Waals surface area contributed by atoms with E-state index in [1.54, 1.807) is 6.92 Å². The molecule has 0 fully saturated rings. The number of hydrogen-bond acceptors (Lipinski definition) is 6. The molecular formula is C25H23N3O5S. The second-order valence-electron chi connectivity index (χ2n) is 7.72. The zero-order valence-electron chi connectivity index (χ0n) is 18.4. The van der Waals surface area contributed by atoms with Crippen molar-refractivity contribution in [2.24, 2.45) is 0 Å². The van der Waals surface area contributed by atoms with Crippen LogP contribution in [-0.2, 0) is 9.53 Å². The standard InChI is InChI=1S/C25H23N3O5S/c1-15(23-28-21(14-34-23)24(30)31)27-22(29)11-6-12-26-25(32)33-13-20-18-9-4-2-7-16(18)17-8-3-5-10-19(17)20/h2-11,14-15,20H,12-13H2,1H3,(H,26,32)(H,27,29)(H,30,31)/b11-6+. The Morgan fingerprint density at radius 1 is 1.12 bits per heavy atom. The summed E-state index contributed by atoms with van der Waals surface area (Å²) in [5, 5.41) is 16.2. The van der Waals surface area contributed by atoms with Crippen molar-refractivity contribution in [2.75, 3.05) is 13.2 Å². The van der Waals surface area contributed by atoms with Gasteiger partial charge in [0.15, 0.2) is 5.69 Å². The molecule has 3 aromatic rings. The largest absolute Gasteiger partial charge is 0.476 e. The highest BCUT2D eigenvalue weighted by atomic mass is 32.1. The summed E-state index contributed by atoms with van der Waals surface area (Å²) in [6.07, 6.45) is 2.24. The van der Waals surface area contributed by atoms with Crippen molar-refractivity contribution in [3.8, 4) is 11.1 Å². The second-order valence-corrected chi connectivity index (χ2v) is 8.60. The van der Waals surface area contributed by atoms with Crippen LogP contribution in [0.2, 0.25) is 0 Å². The number of alkyl carbamates (subject to hydrolysis) is 1. The van der Waals surface area contributed by atoms with Crippen molar-refractivity contribution in [1.82, 2.24) is 15.6 Å². The monoisotopic (exact) mass is 477 g/mol. The predicted molar refractivity (Wildman–Crippen MR) is 128 cm³/mol. The Labute approximate surface area is 200 Å². The van der Waals surface area contributed by atoms with Crippen LogP contribution in [0.15, 0.2) is 66.1 Å². The van der Waals surface area contributed by atoms with Gasteiger partial charge in [0.1, 0.15) is 11.6 Å². The minimum atomic E-state index is -1.11. The van der Waals surface area contributed by atoms with Crippen LogP contribution in [0.1, 0.15) is 45.5 Å². The zero-order valence-corrected chi connectivity index (χ0v) is 19.2. The molecule has 0 saturated carbocycles. The molecular weight excluding hydrogens is 454 g/mol. The summed E-state index contributed by atoms with van der Waals surface area (Å²) >= 11 is 1.16. The van der Waals surface area contributed by atoms with Gasteiger partial charge in [-0.05, 0) is 29.2 Å². The number of nitrogens with one attached hydrogen (secondary N) is 2. The van der Waals surface area contributed by atoms with Crippen LogP contribution < -0.4 is 10.6 Å². The minimum absolute atomic E-state index is 0.0199. The SMILES string of the molecule is CC(NC(=O)/C=C/CNC(=O)OCC1c2ccccc2-c2ccccc21)c1nc(C(=O)O)cs1. The van der Waals surface area contributed by atoms with E-state index in [4.69, 9.17) is 9.84 Å². The van der Waals surface area contributed by atoms with Gasteiger partial charge in [-0.2, -0.15) is 0 Å². The fraction of sp³-hybridized carbons (Fsp3) is 0.200. The fourth-order valence-corrected chi connectivity index (χ4v) is 4.67. The van der Waals surface area contributed by atoms with Gasteiger partial charge >= 0.3 is 12.1 Å². The molecule has 1 aliphatic rings. The number of rotatable bonds is 8. The lowest BCUT2D eigenvalue weighted by Crippen LogP contribution is -2.27. The van der Waals surface area contributed by atoms with Gasteiger partial charge in [0, 0.05) is 23.9 Å². The molecule has 1 aliphatic carbocycles. The molecule has 2 aromatic carbocycles. The van der Waals surface area contributed by atoms with Crippen LogP contribution in [0.25, 0.3) is 11.1 Å². The average molecular weight is 478 g/mol. The van der Waals surface area contributed by atoms with E-state index >= 15 is 0 Å². The van der Waals surface area contributed by atoms with Gasteiger partial charge in [-0.25, -0.2) is 14.6 Å². The fourth-order valence-electron chi connectivity index (χ4n) is 3.87. The maximum Gasteiger partial charge on any atom is 0.407 e. The molecule has 0 aliphatic heterocycles. The van der Waals surface area contributed by atoms with Crippen molar-refractivity contribution in [3.63, 3.8) is 0 Å². The highest BCUT2D eigenvalue weighted by Gasteiger charge is 2.28. The lowest BCUT2D eigenvalue weighted by atomic mass is 9.98. The average Bonchev–Trinajstić information content (AvgIpc) is 3.45. The number of thiazole rings is 1. The smallest absolute Gasteiger partial charge is 0.407 e. The van der Waals surface area contributed by atoms with Gasteiger partial charge in [-0.15, -0.1) is 11.3 Å². The van der Waals surface area contributed by atoms with Crippen LogP contribution >= 0.6 is 11.3 Å². The molecule has 3 N–H and O–H groups in total. The molecule has 1 aromatic heterocycles. The molecule has 0 spiro atoms. The number of amides is 2. The maximum atomic E-state index is 12.2. The maximum absolute atomic E-state index is 12.2. The van der Waals surface area contributed by atoms with Gasteiger partial charge < -0.3 is 20.5 Å². The summed E-state index contributed by atoms with van der Waals surface area (Å²) in [6, 6.07) is 15.8. The first-order valence-electron chi connectivity index (χ1n) is 10.7. The van der Waals surface area contributed by atoms with Crippen LogP contribution in [0.5, 0.6) is 0 Å². The zero-order chi connectivity index (χ0) is 24.1. The Kier molecular flexibility index (Phi) is 7.03. The number of nitrogens with zero attached hydrogens (tertiary/aromatic N) is 1. The molecule has 8 nitrogen and oxygen atoms in total. The van der Waals surface area contributed by atoms with Gasteiger partial charge in [-0.3, -0.25) is 4.79 Å². The van der Waals surface area contributed by atoms with Crippen molar-refractivity contribution in [2.45, 2.75) is 18.9 Å². The summed E-state index contributed by atoms with van der Waals surface area (Å²) < 4.78 is 5.45. The summed E-state index contributed by atoms with van der Waals surface area (Å²) in [6.45, 7) is 2.05. The molecule has 174 valence electrons. The Bertz CT molecular complexity index is 1210. The van der Waals surface area contributed by atoms with E-state index in [0.29, 0.717) is 5.01 Å². The Hall–Kier alpha value is -3.98. The number of aromatic carboxylic acids is 1. The number of ether oxygens (including phenoxy) is 1. The number of benzene rings is 2. The quantitative estimate of drug-likeness (QED) is 0.420. The van der Waals surface area contributed by atoms with E-state index in [0.717, 1.165) is 33.6 Å². The summed E-state index contributed by atoms with van der Waals surface area (Å²) in [5.41, 5.74) is 4.54. The molecule has 0 radical (unpaired) electrons. The summed E-state index contributed by atoms with van der Waals surface area (Å²) in [4.78, 5) is 39.1. The second kappa shape index (κ2) is 10.3. The number of carboxylic acid groups (broad SMARTS) is 1. The van der Waals surface area contributed by atoms with Crippen molar-refractivity contribution >= 4 is 29.3 Å². The first-order valence-corrected chi connectivity index (χ1v) is 11.6. The van der Waals surface area contributed by atoms with Gasteiger partial charge in [0.25, 0.3) is 0 Å². The Morgan fingerprint density at radius 3 is 2.38 bits per heavy atom. The third-order valence-corrected chi connectivity index (χ3v) is 6.47. The predicted octanol–water partition coefficient (Wildman–Crippen LogP) is 4.11. The molecule has 1 unspecified atom stereocenters. The number of carboxylic acids is 1. The number of carbonyl (C=O) groups is 3. The van der Waals surface area contributed by atoms with E-state index in [1.807, 2.05) is 24.3 Å². The highest BCUT2D eigenvalue weighted by molar-refractivity contribution is 7.09. The lowest BCUT2D eigenvalue weighted by molar-refractivity contribution is -0.117. The van der Waals surface area contributed by atoms with E-state index < -0.39 is 18.1 Å². The van der Waals surface area contributed by atoms with Crippen molar-refractivity contribution < 1.29 is 24.2 Å². The summed E-state index contributed by atoms with van der Waals surface area (Å²) in [7, 11) is 0. The highest BCUT2D eigenvalue weighted by Crippen LogP contribution is 2.44. The molecule has 1 atom stereocenters. The number of aromatic nitrogens is 1. The third-order valence-electron chi connectivity index (χ3n) is 5.45. The molecule has 34 heavy (non-hydrogen) atoms. The number of fused-ring (bicyclic) bond motifs is 3. The Morgan fingerprint density at radius 2 is 1.76 bits per heavy atom. The van der Waals surface area contributed by atoms with Crippen molar-refractivity contribution in [3.05, 3.63) is 87.9 Å². The first-order chi connectivity index (χ1) is 16.4. The molecule has 2 amide bonds. The van der Waals surface area contributed by atoms with Crippen LogP contribution in [0.3, 0.4) is 0 Å². The van der Waals surface area contributed by atoms with E-state index in [-0.39, 0.29) is 30.7 Å². The third kappa shape index (κ3) is 5.15. The van der Waals surface area contributed by atoms with Gasteiger partial charge in [0.2, 0.25) is 5.91 Å². The molecule has 1 heterocycles. The normalized spacial score (nSPS) is 13.2. The van der Waals surface area contributed by atoms with E-state index in [9.17, 15) is 14.4 Å². The Balaban J connectivity index is 1.23. The lowest BCUT2D eigenvalue weighted by Gasteiger charge is -2.14.